The van der Waals surface area contributed by atoms with E-state index in [0.717, 1.165) is 57.8 Å². The van der Waals surface area contributed by atoms with Crippen molar-refractivity contribution in [2.24, 2.45) is 0 Å². The maximum atomic E-state index is 12.4. The first-order valence-electron chi connectivity index (χ1n) is 29.9. The molecule has 0 bridgehead atoms. The maximum absolute atomic E-state index is 12.4. The quantitative estimate of drug-likeness (QED) is 0.0321. The molecule has 1 amide bonds. The van der Waals surface area contributed by atoms with Crippen LogP contribution in [-0.2, 0) is 14.3 Å². The lowest BCUT2D eigenvalue weighted by Gasteiger charge is -2.22. The topological polar surface area (TPSA) is 95.9 Å². The molecule has 0 aromatic carbocycles. The number of esters is 1. The van der Waals surface area contributed by atoms with E-state index in [4.69, 9.17) is 4.74 Å². The van der Waals surface area contributed by atoms with Gasteiger partial charge in [0.15, 0.2) is 0 Å². The molecular formula is C62H115NO5. The van der Waals surface area contributed by atoms with Crippen molar-refractivity contribution >= 4 is 11.9 Å². The molecule has 0 heterocycles. The predicted molar refractivity (Wildman–Crippen MR) is 296 cm³/mol. The van der Waals surface area contributed by atoms with Gasteiger partial charge >= 0.3 is 5.97 Å². The Kier molecular flexibility index (Phi) is 55.6. The second-order valence-electron chi connectivity index (χ2n) is 20.3. The monoisotopic (exact) mass is 954 g/mol. The Bertz CT molecular complexity index is 1150. The third-order valence-electron chi connectivity index (χ3n) is 13.6. The molecule has 3 N–H and O–H groups in total. The average molecular weight is 955 g/mol. The lowest BCUT2D eigenvalue weighted by molar-refractivity contribution is -0.143. The number of nitrogens with one attached hydrogen (secondary N) is 1. The smallest absolute Gasteiger partial charge is 0.305 e. The Labute approximate surface area is 423 Å². The van der Waals surface area contributed by atoms with Crippen molar-refractivity contribution in [1.82, 2.24) is 5.32 Å². The van der Waals surface area contributed by atoms with E-state index in [1.165, 1.54) is 218 Å². The summed E-state index contributed by atoms with van der Waals surface area (Å²) in [5, 5.41) is 23.1. The number of aliphatic hydroxyl groups excluding tert-OH is 2. The van der Waals surface area contributed by atoms with Gasteiger partial charge in [0.05, 0.1) is 25.4 Å². The lowest BCUT2D eigenvalue weighted by atomic mass is 10.0. The number of amides is 1. The number of unbranched alkanes of at least 4 members (excludes halogenated alkanes) is 36. The highest BCUT2D eigenvalue weighted by atomic mass is 16.5. The molecule has 0 aromatic rings. The van der Waals surface area contributed by atoms with Crippen LogP contribution in [0.5, 0.6) is 0 Å². The number of allylic oxidation sites excluding steroid dienone is 8. The zero-order valence-electron chi connectivity index (χ0n) is 45.3. The van der Waals surface area contributed by atoms with Crippen LogP contribution in [0.15, 0.2) is 48.6 Å². The van der Waals surface area contributed by atoms with Crippen LogP contribution in [0.3, 0.4) is 0 Å². The summed E-state index contributed by atoms with van der Waals surface area (Å²) in [6.07, 6.45) is 72.7. The predicted octanol–water partition coefficient (Wildman–Crippen LogP) is 18.6. The van der Waals surface area contributed by atoms with Gasteiger partial charge in [0.2, 0.25) is 5.91 Å². The molecule has 0 aliphatic rings. The molecule has 0 saturated carbocycles. The van der Waals surface area contributed by atoms with Gasteiger partial charge in [-0.2, -0.15) is 0 Å². The van der Waals surface area contributed by atoms with Crippen LogP contribution in [0.2, 0.25) is 0 Å². The minimum atomic E-state index is -0.663. The molecule has 398 valence electrons. The zero-order chi connectivity index (χ0) is 49.3. The van der Waals surface area contributed by atoms with Crippen LogP contribution < -0.4 is 5.32 Å². The lowest BCUT2D eigenvalue weighted by Crippen LogP contribution is -2.45. The third kappa shape index (κ3) is 53.2. The van der Waals surface area contributed by atoms with Gasteiger partial charge in [-0.3, -0.25) is 9.59 Å². The second kappa shape index (κ2) is 57.4. The van der Waals surface area contributed by atoms with E-state index in [0.29, 0.717) is 25.9 Å². The molecule has 0 spiro atoms. The highest BCUT2D eigenvalue weighted by Gasteiger charge is 2.20. The molecule has 0 rings (SSSR count). The molecule has 0 aliphatic heterocycles. The minimum absolute atomic E-state index is 0.00399. The molecule has 0 aromatic heterocycles. The fourth-order valence-corrected chi connectivity index (χ4v) is 9.00. The van der Waals surface area contributed by atoms with Gasteiger partial charge in [-0.05, 0) is 83.5 Å². The van der Waals surface area contributed by atoms with Gasteiger partial charge in [-0.1, -0.05) is 262 Å². The van der Waals surface area contributed by atoms with E-state index in [1.54, 1.807) is 0 Å². The Morgan fingerprint density at radius 2 is 0.765 bits per heavy atom. The summed E-state index contributed by atoms with van der Waals surface area (Å²) in [6.45, 7) is 4.86. The molecular weight excluding hydrogens is 839 g/mol. The summed E-state index contributed by atoms with van der Waals surface area (Å²) >= 11 is 0. The van der Waals surface area contributed by atoms with Gasteiger partial charge in [-0.25, -0.2) is 0 Å². The summed E-state index contributed by atoms with van der Waals surface area (Å²) in [6, 6.07) is -0.540. The summed E-state index contributed by atoms with van der Waals surface area (Å²) < 4.78 is 5.46. The second-order valence-corrected chi connectivity index (χ2v) is 20.3. The van der Waals surface area contributed by atoms with Crippen LogP contribution in [0, 0.1) is 0 Å². The first-order valence-corrected chi connectivity index (χ1v) is 29.9. The fourth-order valence-electron chi connectivity index (χ4n) is 9.00. The Morgan fingerprint density at radius 1 is 0.412 bits per heavy atom. The number of carbonyl (C=O) groups is 2. The number of aliphatic hydroxyl groups is 2. The molecule has 0 radical (unpaired) electrons. The first kappa shape index (κ1) is 65.8. The SMILES string of the molecule is CCC/C=C\C/C=C\CCCCCCCC(=O)OCCCCCCCCCCC/C=C\C/C=C\CCCCCCCCCCCCCCCC(=O)NC(CO)C(O)CCCCCCCCCCC. The third-order valence-corrected chi connectivity index (χ3v) is 13.6. The van der Waals surface area contributed by atoms with E-state index in [1.807, 2.05) is 0 Å². The minimum Gasteiger partial charge on any atom is -0.466 e. The molecule has 0 saturated heterocycles. The van der Waals surface area contributed by atoms with E-state index in [9.17, 15) is 19.8 Å². The molecule has 6 nitrogen and oxygen atoms in total. The molecule has 2 unspecified atom stereocenters. The van der Waals surface area contributed by atoms with Crippen molar-refractivity contribution in [1.29, 1.82) is 0 Å². The van der Waals surface area contributed by atoms with Crippen LogP contribution in [-0.4, -0.2) is 47.4 Å². The number of ether oxygens (including phenoxy) is 1. The Balaban J connectivity index is 3.39. The molecule has 0 aliphatic carbocycles. The van der Waals surface area contributed by atoms with Gasteiger partial charge < -0.3 is 20.3 Å². The number of carbonyl (C=O) groups excluding carboxylic acids is 2. The van der Waals surface area contributed by atoms with Crippen molar-refractivity contribution in [3.05, 3.63) is 48.6 Å². The van der Waals surface area contributed by atoms with Crippen molar-refractivity contribution in [2.45, 2.75) is 321 Å². The highest BCUT2D eigenvalue weighted by molar-refractivity contribution is 5.76. The van der Waals surface area contributed by atoms with Crippen LogP contribution in [0.25, 0.3) is 0 Å². The van der Waals surface area contributed by atoms with E-state index >= 15 is 0 Å². The Morgan fingerprint density at radius 3 is 1.18 bits per heavy atom. The fraction of sp³-hybridized carbons (Fsp3) is 0.839. The summed E-state index contributed by atoms with van der Waals surface area (Å²) in [5.74, 6) is -0.0426. The highest BCUT2D eigenvalue weighted by Crippen LogP contribution is 2.17. The van der Waals surface area contributed by atoms with E-state index in [2.05, 4.69) is 67.8 Å². The maximum Gasteiger partial charge on any atom is 0.305 e. The van der Waals surface area contributed by atoms with Gasteiger partial charge in [-0.15, -0.1) is 0 Å². The van der Waals surface area contributed by atoms with Crippen molar-refractivity contribution in [3.8, 4) is 0 Å². The normalized spacial score (nSPS) is 12.9. The van der Waals surface area contributed by atoms with Crippen molar-refractivity contribution < 1.29 is 24.5 Å². The van der Waals surface area contributed by atoms with Gasteiger partial charge in [0.25, 0.3) is 0 Å². The molecule has 2 atom stereocenters. The summed E-state index contributed by atoms with van der Waals surface area (Å²) in [5.41, 5.74) is 0. The molecule has 0 fully saturated rings. The number of hydrogen-bond acceptors (Lipinski definition) is 5. The number of rotatable bonds is 55. The van der Waals surface area contributed by atoms with Crippen LogP contribution >= 0.6 is 0 Å². The van der Waals surface area contributed by atoms with Gasteiger partial charge in [0, 0.05) is 12.8 Å². The summed E-state index contributed by atoms with van der Waals surface area (Å²) in [7, 11) is 0. The standard InChI is InChI=1S/C62H115NO5/c1-3-5-7-9-11-13-14-32-36-40-44-48-52-56-62(67)68-57-53-49-45-41-37-34-31-29-27-25-23-21-19-17-15-16-18-20-22-24-26-28-30-33-35-39-43-47-51-55-61(66)63-59(58-64)60(65)54-50-46-42-38-12-10-8-6-4-2/h7,9,13-15,17,21,23,59-60,64-65H,3-6,8,10-12,16,18-20,22,24-58H2,1-2H3,(H,63,66)/b9-7-,14-13-,17-15-,23-21-. The molecule has 68 heavy (non-hydrogen) atoms. The first-order chi connectivity index (χ1) is 33.5. The number of hydrogen-bond donors (Lipinski definition) is 3. The van der Waals surface area contributed by atoms with E-state index < -0.39 is 12.1 Å². The van der Waals surface area contributed by atoms with E-state index in [-0.39, 0.29) is 18.5 Å². The molecule has 6 heteroatoms. The van der Waals surface area contributed by atoms with Crippen LogP contribution in [0.4, 0.5) is 0 Å². The summed E-state index contributed by atoms with van der Waals surface area (Å²) in [4.78, 5) is 24.4. The van der Waals surface area contributed by atoms with Crippen LogP contribution in [0.1, 0.15) is 309 Å². The zero-order valence-corrected chi connectivity index (χ0v) is 45.3. The van der Waals surface area contributed by atoms with Crippen molar-refractivity contribution in [3.63, 3.8) is 0 Å². The average Bonchev–Trinajstić information content (AvgIpc) is 3.34. The van der Waals surface area contributed by atoms with Gasteiger partial charge in [0.1, 0.15) is 0 Å². The Hall–Kier alpha value is -2.18. The largest absolute Gasteiger partial charge is 0.466 e. The van der Waals surface area contributed by atoms with Crippen molar-refractivity contribution in [2.75, 3.05) is 13.2 Å².